The second-order valence-electron chi connectivity index (χ2n) is 4.11. The molecular formula is C13H15FN2O. The predicted molar refractivity (Wildman–Crippen MR) is 62.9 cm³/mol. The average Bonchev–Trinajstić information content (AvgIpc) is 2.70. The van der Waals surface area contributed by atoms with E-state index >= 15 is 0 Å². The van der Waals surface area contributed by atoms with Gasteiger partial charge in [-0.2, -0.15) is 0 Å². The van der Waals surface area contributed by atoms with Crippen LogP contribution in [0.4, 0.5) is 4.39 Å². The monoisotopic (exact) mass is 234 g/mol. The van der Waals surface area contributed by atoms with Crippen molar-refractivity contribution in [1.82, 2.24) is 10.5 Å². The lowest BCUT2D eigenvalue weighted by Gasteiger charge is -2.05. The molecule has 17 heavy (non-hydrogen) atoms. The zero-order chi connectivity index (χ0) is 12.3. The molecule has 2 aromatic rings. The Morgan fingerprint density at radius 2 is 2.12 bits per heavy atom. The third-order valence-electron chi connectivity index (χ3n) is 2.72. The average molecular weight is 234 g/mol. The van der Waals surface area contributed by atoms with Gasteiger partial charge >= 0.3 is 0 Å². The number of hydrogen-bond acceptors (Lipinski definition) is 3. The van der Waals surface area contributed by atoms with E-state index in [4.69, 9.17) is 4.52 Å². The van der Waals surface area contributed by atoms with E-state index in [2.05, 4.69) is 10.5 Å². The second-order valence-corrected chi connectivity index (χ2v) is 4.11. The minimum atomic E-state index is -0.163. The molecule has 1 heterocycles. The fraction of sp³-hybridized carbons (Fsp3) is 0.308. The van der Waals surface area contributed by atoms with Gasteiger partial charge in [-0.1, -0.05) is 17.3 Å². The van der Waals surface area contributed by atoms with Gasteiger partial charge in [-0.05, 0) is 31.0 Å². The molecule has 0 atom stereocenters. The highest BCUT2D eigenvalue weighted by Gasteiger charge is 2.02. The van der Waals surface area contributed by atoms with Crippen molar-refractivity contribution in [2.75, 3.05) is 0 Å². The maximum Gasteiger partial charge on any atom is 0.128 e. The molecule has 1 aromatic heterocycles. The third kappa shape index (κ3) is 2.91. The molecule has 0 radical (unpaired) electrons. The van der Waals surface area contributed by atoms with Crippen LogP contribution in [0.25, 0.3) is 0 Å². The van der Waals surface area contributed by atoms with E-state index in [1.165, 1.54) is 6.07 Å². The minimum absolute atomic E-state index is 0.163. The number of aromatic nitrogens is 1. The maximum absolute atomic E-state index is 13.1. The molecule has 0 aliphatic rings. The van der Waals surface area contributed by atoms with Crippen molar-refractivity contribution in [1.29, 1.82) is 0 Å². The van der Waals surface area contributed by atoms with E-state index < -0.39 is 0 Å². The first-order chi connectivity index (χ1) is 8.16. The van der Waals surface area contributed by atoms with Crippen molar-refractivity contribution < 1.29 is 8.91 Å². The first-order valence-corrected chi connectivity index (χ1v) is 5.52. The van der Waals surface area contributed by atoms with Crippen LogP contribution in [0.1, 0.15) is 22.4 Å². The highest BCUT2D eigenvalue weighted by Crippen LogP contribution is 2.09. The number of nitrogens with one attached hydrogen (secondary N) is 1. The van der Waals surface area contributed by atoms with E-state index in [0.717, 1.165) is 16.8 Å². The molecule has 0 saturated carbocycles. The second kappa shape index (κ2) is 5.10. The quantitative estimate of drug-likeness (QED) is 0.883. The third-order valence-corrected chi connectivity index (χ3v) is 2.72. The predicted octanol–water partition coefficient (Wildman–Crippen LogP) is 2.72. The first kappa shape index (κ1) is 11.8. The van der Waals surface area contributed by atoms with E-state index in [-0.39, 0.29) is 5.82 Å². The van der Waals surface area contributed by atoms with Crippen LogP contribution < -0.4 is 5.32 Å². The summed E-state index contributed by atoms with van der Waals surface area (Å²) in [5.41, 5.74) is 3.68. The SMILES string of the molecule is Cc1cc(CNCc2conc2C)ccc1F. The summed E-state index contributed by atoms with van der Waals surface area (Å²) in [6, 6.07) is 5.13. The number of rotatable bonds is 4. The zero-order valence-corrected chi connectivity index (χ0v) is 9.96. The largest absolute Gasteiger partial charge is 0.364 e. The molecule has 0 amide bonds. The molecular weight excluding hydrogens is 219 g/mol. The van der Waals surface area contributed by atoms with E-state index in [9.17, 15) is 4.39 Å². The smallest absolute Gasteiger partial charge is 0.128 e. The highest BCUT2D eigenvalue weighted by atomic mass is 19.1. The molecule has 0 spiro atoms. The van der Waals surface area contributed by atoms with Gasteiger partial charge in [0.1, 0.15) is 12.1 Å². The Kier molecular flexibility index (Phi) is 3.54. The topological polar surface area (TPSA) is 38.1 Å². The Balaban J connectivity index is 1.90. The van der Waals surface area contributed by atoms with Crippen LogP contribution in [-0.2, 0) is 13.1 Å². The van der Waals surface area contributed by atoms with Crippen LogP contribution in [0.5, 0.6) is 0 Å². The van der Waals surface area contributed by atoms with Gasteiger partial charge in [-0.15, -0.1) is 0 Å². The summed E-state index contributed by atoms with van der Waals surface area (Å²) in [4.78, 5) is 0. The molecule has 1 N–H and O–H groups in total. The summed E-state index contributed by atoms with van der Waals surface area (Å²) in [6.07, 6.45) is 1.64. The molecule has 1 aromatic carbocycles. The van der Waals surface area contributed by atoms with Crippen molar-refractivity contribution in [3.8, 4) is 0 Å². The highest BCUT2D eigenvalue weighted by molar-refractivity contribution is 5.24. The van der Waals surface area contributed by atoms with Crippen LogP contribution in [0.15, 0.2) is 29.0 Å². The molecule has 2 rings (SSSR count). The minimum Gasteiger partial charge on any atom is -0.364 e. The first-order valence-electron chi connectivity index (χ1n) is 5.52. The van der Waals surface area contributed by atoms with Gasteiger partial charge in [-0.3, -0.25) is 0 Å². The van der Waals surface area contributed by atoms with E-state index in [0.29, 0.717) is 18.7 Å². The molecule has 0 saturated heterocycles. The van der Waals surface area contributed by atoms with Gasteiger partial charge in [-0.25, -0.2) is 4.39 Å². The fourth-order valence-electron chi connectivity index (χ4n) is 1.64. The summed E-state index contributed by atoms with van der Waals surface area (Å²) < 4.78 is 17.9. The van der Waals surface area contributed by atoms with Gasteiger partial charge in [0.2, 0.25) is 0 Å². The van der Waals surface area contributed by atoms with E-state index in [1.807, 2.05) is 13.0 Å². The number of halogens is 1. The summed E-state index contributed by atoms with van der Waals surface area (Å²) in [5, 5.41) is 7.07. The van der Waals surface area contributed by atoms with Gasteiger partial charge in [0, 0.05) is 18.7 Å². The molecule has 0 bridgehead atoms. The van der Waals surface area contributed by atoms with Crippen LogP contribution in [0.3, 0.4) is 0 Å². The van der Waals surface area contributed by atoms with Crippen molar-refractivity contribution in [3.05, 3.63) is 52.7 Å². The zero-order valence-electron chi connectivity index (χ0n) is 9.96. The van der Waals surface area contributed by atoms with Gasteiger partial charge in [0.05, 0.1) is 5.69 Å². The van der Waals surface area contributed by atoms with Gasteiger partial charge in [0.25, 0.3) is 0 Å². The van der Waals surface area contributed by atoms with Crippen molar-refractivity contribution in [2.45, 2.75) is 26.9 Å². The number of hydrogen-bond donors (Lipinski definition) is 1. The fourth-order valence-corrected chi connectivity index (χ4v) is 1.64. The van der Waals surface area contributed by atoms with E-state index in [1.54, 1.807) is 19.3 Å². The molecule has 3 nitrogen and oxygen atoms in total. The molecule has 0 unspecified atom stereocenters. The molecule has 0 fully saturated rings. The van der Waals surface area contributed by atoms with Gasteiger partial charge in [0.15, 0.2) is 0 Å². The Morgan fingerprint density at radius 3 is 2.76 bits per heavy atom. The Morgan fingerprint density at radius 1 is 1.29 bits per heavy atom. The molecule has 0 aliphatic carbocycles. The molecule has 0 aliphatic heterocycles. The number of nitrogens with zero attached hydrogens (tertiary/aromatic N) is 1. The number of aryl methyl sites for hydroxylation is 2. The lowest BCUT2D eigenvalue weighted by Crippen LogP contribution is -2.13. The van der Waals surface area contributed by atoms with Crippen LogP contribution in [-0.4, -0.2) is 5.16 Å². The summed E-state index contributed by atoms with van der Waals surface area (Å²) >= 11 is 0. The lowest BCUT2D eigenvalue weighted by molar-refractivity contribution is 0.414. The van der Waals surface area contributed by atoms with Crippen LogP contribution in [0.2, 0.25) is 0 Å². The van der Waals surface area contributed by atoms with Crippen LogP contribution >= 0.6 is 0 Å². The van der Waals surface area contributed by atoms with Crippen molar-refractivity contribution in [3.63, 3.8) is 0 Å². The summed E-state index contributed by atoms with van der Waals surface area (Å²) in [5.74, 6) is -0.163. The number of benzene rings is 1. The standard InChI is InChI=1S/C13H15FN2O/c1-9-5-11(3-4-13(9)14)6-15-7-12-8-17-16-10(12)2/h3-5,8,15H,6-7H2,1-2H3. The maximum atomic E-state index is 13.1. The molecule has 4 heteroatoms. The van der Waals surface area contributed by atoms with Crippen molar-refractivity contribution >= 4 is 0 Å². The Bertz CT molecular complexity index is 508. The van der Waals surface area contributed by atoms with Gasteiger partial charge < -0.3 is 9.84 Å². The normalized spacial score (nSPS) is 10.8. The summed E-state index contributed by atoms with van der Waals surface area (Å²) in [6.45, 7) is 5.07. The molecule has 90 valence electrons. The van der Waals surface area contributed by atoms with Crippen molar-refractivity contribution in [2.24, 2.45) is 0 Å². The van der Waals surface area contributed by atoms with Crippen LogP contribution in [0, 0.1) is 19.7 Å². The Hall–Kier alpha value is -1.68. The summed E-state index contributed by atoms with van der Waals surface area (Å²) in [7, 11) is 0. The lowest BCUT2D eigenvalue weighted by atomic mass is 10.1. The Labute approximate surface area is 99.6 Å².